The minimum atomic E-state index is 0.210. The normalized spacial score (nSPS) is 18.7. The fourth-order valence-electron chi connectivity index (χ4n) is 3.62. The molecular weight excluding hydrogens is 300 g/mol. The van der Waals surface area contributed by atoms with Crippen LogP contribution < -0.4 is 5.32 Å². The van der Waals surface area contributed by atoms with E-state index in [1.54, 1.807) is 0 Å². The van der Waals surface area contributed by atoms with Crippen LogP contribution in [-0.4, -0.2) is 33.7 Å². The summed E-state index contributed by atoms with van der Waals surface area (Å²) in [5.41, 5.74) is 2.31. The molecule has 2 heterocycles. The zero-order chi connectivity index (χ0) is 16.8. The third kappa shape index (κ3) is 4.59. The SMILES string of the molecule is CCCCCCN1CCCn2nc(CNC(=O)C3CCC3)cc2C1. The second kappa shape index (κ2) is 8.65. The van der Waals surface area contributed by atoms with Gasteiger partial charge in [0.1, 0.15) is 0 Å². The average molecular weight is 332 g/mol. The highest BCUT2D eigenvalue weighted by Crippen LogP contribution is 2.26. The standard InChI is InChI=1S/C19H32N4O/c1-2-3-4-5-10-22-11-7-12-23-18(15-22)13-17(21-23)14-20-19(24)16-8-6-9-16/h13,16H,2-12,14-15H2,1H3,(H,20,24). The van der Waals surface area contributed by atoms with Crippen LogP contribution in [0.4, 0.5) is 0 Å². The number of rotatable bonds is 8. The van der Waals surface area contributed by atoms with Crippen molar-refractivity contribution in [2.45, 2.75) is 77.9 Å². The number of aromatic nitrogens is 2. The number of carbonyl (C=O) groups is 1. The van der Waals surface area contributed by atoms with E-state index >= 15 is 0 Å². The lowest BCUT2D eigenvalue weighted by Crippen LogP contribution is -2.34. The first-order chi connectivity index (χ1) is 11.8. The summed E-state index contributed by atoms with van der Waals surface area (Å²) in [4.78, 5) is 14.5. The summed E-state index contributed by atoms with van der Waals surface area (Å²) in [7, 11) is 0. The molecule has 0 unspecified atom stereocenters. The van der Waals surface area contributed by atoms with Crippen molar-refractivity contribution in [3.8, 4) is 0 Å². The first kappa shape index (κ1) is 17.5. The van der Waals surface area contributed by atoms with Gasteiger partial charge in [-0.3, -0.25) is 14.4 Å². The highest BCUT2D eigenvalue weighted by atomic mass is 16.1. The van der Waals surface area contributed by atoms with Crippen LogP contribution in [-0.2, 0) is 24.4 Å². The van der Waals surface area contributed by atoms with Crippen LogP contribution in [0.5, 0.6) is 0 Å². The molecule has 2 aliphatic rings. The molecule has 24 heavy (non-hydrogen) atoms. The topological polar surface area (TPSA) is 50.2 Å². The fraction of sp³-hybridized carbons (Fsp3) is 0.789. The van der Waals surface area contributed by atoms with Gasteiger partial charge in [-0.1, -0.05) is 32.6 Å². The number of nitrogens with one attached hydrogen (secondary N) is 1. The van der Waals surface area contributed by atoms with Crippen molar-refractivity contribution in [3.63, 3.8) is 0 Å². The molecule has 1 saturated carbocycles. The molecule has 0 spiro atoms. The van der Waals surface area contributed by atoms with Gasteiger partial charge in [0.05, 0.1) is 17.9 Å². The highest BCUT2D eigenvalue weighted by Gasteiger charge is 2.25. The minimum absolute atomic E-state index is 0.210. The molecule has 0 aromatic carbocycles. The van der Waals surface area contributed by atoms with Gasteiger partial charge in [-0.15, -0.1) is 0 Å². The van der Waals surface area contributed by atoms with E-state index in [1.165, 1.54) is 50.9 Å². The van der Waals surface area contributed by atoms with E-state index in [0.29, 0.717) is 6.54 Å². The number of nitrogens with zero attached hydrogens (tertiary/aromatic N) is 3. The van der Waals surface area contributed by atoms with Crippen LogP contribution in [0, 0.1) is 5.92 Å². The molecule has 1 aromatic rings. The van der Waals surface area contributed by atoms with Gasteiger partial charge < -0.3 is 5.32 Å². The van der Waals surface area contributed by atoms with Gasteiger partial charge in [-0.2, -0.15) is 5.10 Å². The Hall–Kier alpha value is -1.36. The van der Waals surface area contributed by atoms with Gasteiger partial charge in [0.15, 0.2) is 0 Å². The molecule has 1 fully saturated rings. The van der Waals surface area contributed by atoms with Crippen LogP contribution in [0.2, 0.25) is 0 Å². The second-order valence-electron chi connectivity index (χ2n) is 7.39. The Bertz CT molecular complexity index is 535. The fourth-order valence-corrected chi connectivity index (χ4v) is 3.62. The summed E-state index contributed by atoms with van der Waals surface area (Å²) >= 11 is 0. The Balaban J connectivity index is 1.49. The molecule has 1 aliphatic heterocycles. The van der Waals surface area contributed by atoms with Gasteiger partial charge in [0.2, 0.25) is 5.91 Å². The molecule has 134 valence electrons. The minimum Gasteiger partial charge on any atom is -0.350 e. The molecule has 0 bridgehead atoms. The molecular formula is C19H32N4O. The summed E-state index contributed by atoms with van der Waals surface area (Å²) in [6.45, 7) is 7.19. The largest absolute Gasteiger partial charge is 0.350 e. The Kier molecular flexibility index (Phi) is 6.30. The summed E-state index contributed by atoms with van der Waals surface area (Å²) in [6, 6.07) is 2.19. The number of hydrogen-bond acceptors (Lipinski definition) is 3. The molecule has 1 amide bonds. The summed E-state index contributed by atoms with van der Waals surface area (Å²) < 4.78 is 2.15. The van der Waals surface area contributed by atoms with Crippen molar-refractivity contribution in [2.24, 2.45) is 5.92 Å². The van der Waals surface area contributed by atoms with Crippen molar-refractivity contribution >= 4 is 5.91 Å². The van der Waals surface area contributed by atoms with Gasteiger partial charge in [0, 0.05) is 25.6 Å². The predicted molar refractivity (Wildman–Crippen MR) is 95.5 cm³/mol. The van der Waals surface area contributed by atoms with E-state index in [9.17, 15) is 4.79 Å². The maximum atomic E-state index is 12.0. The third-order valence-electron chi connectivity index (χ3n) is 5.39. The molecule has 5 nitrogen and oxygen atoms in total. The van der Waals surface area contributed by atoms with Crippen molar-refractivity contribution < 1.29 is 4.79 Å². The molecule has 1 aromatic heterocycles. The lowest BCUT2D eigenvalue weighted by molar-refractivity contribution is -0.127. The molecule has 3 rings (SSSR count). The molecule has 0 radical (unpaired) electrons. The number of unbranched alkanes of at least 4 members (excludes halogenated alkanes) is 3. The Morgan fingerprint density at radius 3 is 2.88 bits per heavy atom. The Morgan fingerprint density at radius 1 is 1.25 bits per heavy atom. The smallest absolute Gasteiger partial charge is 0.223 e. The maximum absolute atomic E-state index is 12.0. The van der Waals surface area contributed by atoms with Gasteiger partial charge in [0.25, 0.3) is 0 Å². The van der Waals surface area contributed by atoms with Crippen molar-refractivity contribution in [1.29, 1.82) is 0 Å². The number of aryl methyl sites for hydroxylation is 1. The number of hydrogen-bond donors (Lipinski definition) is 1. The average Bonchev–Trinajstić information content (AvgIpc) is 2.80. The van der Waals surface area contributed by atoms with Crippen molar-refractivity contribution in [1.82, 2.24) is 20.0 Å². The van der Waals surface area contributed by atoms with Gasteiger partial charge in [-0.05, 0) is 38.3 Å². The number of fused-ring (bicyclic) bond motifs is 1. The molecule has 0 atom stereocenters. The zero-order valence-electron chi connectivity index (χ0n) is 15.1. The third-order valence-corrected chi connectivity index (χ3v) is 5.39. The number of amides is 1. The summed E-state index contributed by atoms with van der Waals surface area (Å²) in [5.74, 6) is 0.464. The van der Waals surface area contributed by atoms with Crippen molar-refractivity contribution in [2.75, 3.05) is 13.1 Å². The monoisotopic (exact) mass is 332 g/mol. The lowest BCUT2D eigenvalue weighted by Gasteiger charge is -2.23. The lowest BCUT2D eigenvalue weighted by atomic mass is 9.85. The zero-order valence-corrected chi connectivity index (χ0v) is 15.1. The Labute approximate surface area is 145 Å². The van der Waals surface area contributed by atoms with E-state index in [2.05, 4.69) is 27.9 Å². The van der Waals surface area contributed by atoms with Crippen LogP contribution in [0.25, 0.3) is 0 Å². The highest BCUT2D eigenvalue weighted by molar-refractivity contribution is 5.79. The van der Waals surface area contributed by atoms with Crippen LogP contribution in [0.3, 0.4) is 0 Å². The van der Waals surface area contributed by atoms with Gasteiger partial charge in [-0.25, -0.2) is 0 Å². The Morgan fingerprint density at radius 2 is 2.12 bits per heavy atom. The van der Waals surface area contributed by atoms with E-state index in [-0.39, 0.29) is 11.8 Å². The molecule has 1 N–H and O–H groups in total. The first-order valence-corrected chi connectivity index (χ1v) is 9.82. The maximum Gasteiger partial charge on any atom is 0.223 e. The van der Waals surface area contributed by atoms with E-state index in [4.69, 9.17) is 5.10 Å². The van der Waals surface area contributed by atoms with E-state index < -0.39 is 0 Å². The first-order valence-electron chi connectivity index (χ1n) is 9.82. The van der Waals surface area contributed by atoms with Crippen LogP contribution in [0.1, 0.15) is 69.7 Å². The molecule has 1 aliphatic carbocycles. The van der Waals surface area contributed by atoms with E-state index in [1.807, 2.05) is 0 Å². The molecule has 5 heteroatoms. The van der Waals surface area contributed by atoms with Crippen LogP contribution in [0.15, 0.2) is 6.07 Å². The predicted octanol–water partition coefficient (Wildman–Crippen LogP) is 3.09. The number of carbonyl (C=O) groups excluding carboxylic acids is 1. The summed E-state index contributed by atoms with van der Waals surface area (Å²) in [6.07, 6.45) is 9.74. The van der Waals surface area contributed by atoms with Gasteiger partial charge >= 0.3 is 0 Å². The van der Waals surface area contributed by atoms with Crippen LogP contribution >= 0.6 is 0 Å². The molecule has 0 saturated heterocycles. The summed E-state index contributed by atoms with van der Waals surface area (Å²) in [5, 5.41) is 7.76. The quantitative estimate of drug-likeness (QED) is 0.744. The van der Waals surface area contributed by atoms with E-state index in [0.717, 1.165) is 38.0 Å². The second-order valence-corrected chi connectivity index (χ2v) is 7.39. The van der Waals surface area contributed by atoms with Crippen molar-refractivity contribution in [3.05, 3.63) is 17.5 Å².